The molecule has 35 heavy (non-hydrogen) atoms. The number of rotatable bonds is 3. The van der Waals surface area contributed by atoms with Crippen LogP contribution in [0.5, 0.6) is 0 Å². The Morgan fingerprint density at radius 3 is 2.86 bits per heavy atom. The average molecular weight is 488 g/mol. The number of para-hydroxylation sites is 1. The van der Waals surface area contributed by atoms with E-state index in [9.17, 15) is 9.59 Å². The van der Waals surface area contributed by atoms with Crippen LogP contribution in [0.3, 0.4) is 0 Å². The molecule has 0 N–H and O–H groups in total. The van der Waals surface area contributed by atoms with Crippen molar-refractivity contribution in [2.24, 2.45) is 11.8 Å². The number of hydrogen-bond donors (Lipinski definition) is 0. The summed E-state index contributed by atoms with van der Waals surface area (Å²) in [7, 11) is 0. The van der Waals surface area contributed by atoms with Crippen LogP contribution in [0.15, 0.2) is 60.2 Å². The third-order valence-electron chi connectivity index (χ3n) is 10.3. The quantitative estimate of drug-likeness (QED) is 0.371. The van der Waals surface area contributed by atoms with Crippen molar-refractivity contribution < 1.29 is 18.8 Å². The lowest BCUT2D eigenvalue weighted by Gasteiger charge is -2.60. The number of fused-ring (bicyclic) bond motifs is 2. The molecule has 5 nitrogen and oxygen atoms in total. The smallest absolute Gasteiger partial charge is 0.229 e. The Kier molecular flexibility index (Phi) is 4.05. The maximum absolute atomic E-state index is 13.7. The number of quaternary nitrogens is 1. The minimum Gasteiger partial charge on any atom is -0.373 e. The van der Waals surface area contributed by atoms with Gasteiger partial charge in [-0.2, -0.15) is 0 Å². The number of hydrogen-bond acceptors (Lipinski definition) is 3. The van der Waals surface area contributed by atoms with E-state index in [0.717, 1.165) is 41.7 Å². The Balaban J connectivity index is 1.31. The second kappa shape index (κ2) is 6.84. The zero-order valence-corrected chi connectivity index (χ0v) is 20.3. The van der Waals surface area contributed by atoms with Crippen molar-refractivity contribution in [3.8, 4) is 0 Å². The van der Waals surface area contributed by atoms with Crippen molar-refractivity contribution in [2.45, 2.75) is 42.9 Å². The van der Waals surface area contributed by atoms with Crippen LogP contribution in [0.1, 0.15) is 35.2 Å². The number of nitrogens with zero attached hydrogens (tertiary/aromatic N) is 2. The third-order valence-corrected chi connectivity index (χ3v) is 10.6. The van der Waals surface area contributed by atoms with Gasteiger partial charge < -0.3 is 14.1 Å². The molecule has 0 unspecified atom stereocenters. The van der Waals surface area contributed by atoms with Crippen LogP contribution in [-0.4, -0.2) is 60.6 Å². The standard InChI is InChI=1S/C29H28ClN2O3/c30-19-7-5-17(6-8-19)23(33)16-32-11-10-29-21-3-1-2-4-22(21)31-26(34)14-24-27(28(29)31)20(13-25(29)32)18(15-32)9-12-35-24/h1-9,20,24-25,27-28H,10-16H2/q+1/t20-,24+,25-,27-,28-,29+,32+/m1/s1. The largest absolute Gasteiger partial charge is 0.373 e. The zero-order valence-electron chi connectivity index (χ0n) is 19.5. The highest BCUT2D eigenvalue weighted by atomic mass is 35.5. The van der Waals surface area contributed by atoms with Gasteiger partial charge in [-0.3, -0.25) is 9.59 Å². The van der Waals surface area contributed by atoms with Gasteiger partial charge in [-0.25, -0.2) is 0 Å². The van der Waals surface area contributed by atoms with Crippen LogP contribution >= 0.6 is 11.6 Å². The first-order valence-corrected chi connectivity index (χ1v) is 13.3. The number of carbonyl (C=O) groups is 2. The van der Waals surface area contributed by atoms with Gasteiger partial charge >= 0.3 is 0 Å². The molecule has 1 amide bonds. The second-order valence-electron chi connectivity index (χ2n) is 11.5. The van der Waals surface area contributed by atoms with Gasteiger partial charge in [0.2, 0.25) is 11.7 Å². The highest BCUT2D eigenvalue weighted by Crippen LogP contribution is 2.67. The lowest BCUT2D eigenvalue weighted by Crippen LogP contribution is -2.73. The molecule has 0 aromatic heterocycles. The Labute approximate surface area is 209 Å². The number of carbonyl (C=O) groups excluding carboxylic acids is 2. The fourth-order valence-electron chi connectivity index (χ4n) is 9.21. The summed E-state index contributed by atoms with van der Waals surface area (Å²) in [5, 5.41) is 0.649. The first-order chi connectivity index (χ1) is 17.0. The van der Waals surface area contributed by atoms with E-state index in [1.807, 2.05) is 24.3 Å². The van der Waals surface area contributed by atoms with Crippen LogP contribution in [-0.2, 0) is 14.9 Å². The number of Topliss-reactive ketones (excluding diaryl/α,β-unsaturated/α-hetero) is 1. The summed E-state index contributed by atoms with van der Waals surface area (Å²) >= 11 is 6.10. The van der Waals surface area contributed by atoms with E-state index >= 15 is 0 Å². The molecule has 1 spiro atoms. The fraction of sp³-hybridized carbons (Fsp3) is 0.448. The first-order valence-electron chi connectivity index (χ1n) is 12.9. The molecule has 3 saturated heterocycles. The predicted octanol–water partition coefficient (Wildman–Crippen LogP) is 4.14. The molecule has 5 aliphatic heterocycles. The van der Waals surface area contributed by atoms with E-state index in [2.05, 4.69) is 35.2 Å². The van der Waals surface area contributed by atoms with Crippen molar-refractivity contribution in [3.63, 3.8) is 0 Å². The number of ether oxygens (including phenoxy) is 1. The predicted molar refractivity (Wildman–Crippen MR) is 132 cm³/mol. The molecule has 178 valence electrons. The molecule has 1 aliphatic carbocycles. The molecular weight excluding hydrogens is 460 g/mol. The van der Waals surface area contributed by atoms with E-state index in [1.54, 1.807) is 0 Å². The Hall–Kier alpha value is -2.47. The van der Waals surface area contributed by atoms with Gasteiger partial charge in [-0.15, -0.1) is 0 Å². The summed E-state index contributed by atoms with van der Waals surface area (Å²) in [6.07, 6.45) is 4.85. The van der Waals surface area contributed by atoms with E-state index in [1.165, 1.54) is 11.1 Å². The summed E-state index contributed by atoms with van der Waals surface area (Å²) in [6.45, 7) is 2.96. The van der Waals surface area contributed by atoms with Gasteiger partial charge in [-0.1, -0.05) is 35.9 Å². The number of halogens is 1. The summed E-state index contributed by atoms with van der Waals surface area (Å²) < 4.78 is 7.18. The molecule has 6 aliphatic rings. The van der Waals surface area contributed by atoms with E-state index in [4.69, 9.17) is 16.3 Å². The van der Waals surface area contributed by atoms with Crippen LogP contribution < -0.4 is 4.90 Å². The zero-order chi connectivity index (χ0) is 23.5. The molecule has 2 bridgehead atoms. The lowest BCUT2D eigenvalue weighted by molar-refractivity contribution is -0.935. The van der Waals surface area contributed by atoms with Crippen molar-refractivity contribution >= 4 is 29.0 Å². The number of anilines is 1. The maximum Gasteiger partial charge on any atom is 0.229 e. The topological polar surface area (TPSA) is 46.6 Å². The lowest BCUT2D eigenvalue weighted by atomic mass is 9.53. The number of ketones is 1. The molecule has 2 aromatic carbocycles. The molecular formula is C29H28ClN2O3+. The SMILES string of the molecule is O=C(C[N@+]12CC[C@]34c5ccccc5N5C(=O)C[C@@H]6OCC=C(C1)[C@@H](C[C@H]32)[C@H]6[C@@H]54)c1ccc(Cl)cc1. The van der Waals surface area contributed by atoms with Crippen LogP contribution in [0, 0.1) is 11.8 Å². The van der Waals surface area contributed by atoms with Gasteiger partial charge in [0.05, 0.1) is 37.1 Å². The second-order valence-corrected chi connectivity index (χ2v) is 11.9. The van der Waals surface area contributed by atoms with Gasteiger partial charge in [-0.05, 0) is 47.4 Å². The molecule has 1 saturated carbocycles. The number of piperidine rings is 2. The molecule has 0 radical (unpaired) electrons. The van der Waals surface area contributed by atoms with Gasteiger partial charge in [0, 0.05) is 35.0 Å². The summed E-state index contributed by atoms with van der Waals surface area (Å²) in [4.78, 5) is 29.4. The summed E-state index contributed by atoms with van der Waals surface area (Å²) in [5.41, 5.74) is 4.52. The van der Waals surface area contributed by atoms with E-state index < -0.39 is 0 Å². The van der Waals surface area contributed by atoms with Gasteiger partial charge in [0.25, 0.3) is 0 Å². The first kappa shape index (κ1) is 20.7. The summed E-state index contributed by atoms with van der Waals surface area (Å²) in [5.74, 6) is 1.15. The minimum atomic E-state index is -0.106. The molecule has 2 aromatic rings. The fourth-order valence-corrected chi connectivity index (χ4v) is 9.34. The molecule has 6 heteroatoms. The van der Waals surface area contributed by atoms with E-state index in [0.29, 0.717) is 42.5 Å². The number of amides is 1. The van der Waals surface area contributed by atoms with Gasteiger partial charge in [0.15, 0.2) is 0 Å². The van der Waals surface area contributed by atoms with Crippen LogP contribution in [0.2, 0.25) is 5.02 Å². The molecule has 7 atom stereocenters. The van der Waals surface area contributed by atoms with Crippen LogP contribution in [0.25, 0.3) is 0 Å². The summed E-state index contributed by atoms with van der Waals surface area (Å²) in [6, 6.07) is 16.4. The van der Waals surface area contributed by atoms with Crippen molar-refractivity contribution in [2.75, 3.05) is 31.1 Å². The normalized spacial score (nSPS) is 39.7. The minimum absolute atomic E-state index is 0.00839. The Morgan fingerprint density at radius 2 is 2.00 bits per heavy atom. The molecule has 8 rings (SSSR count). The third kappa shape index (κ3) is 2.47. The van der Waals surface area contributed by atoms with Crippen molar-refractivity contribution in [1.82, 2.24) is 0 Å². The Morgan fingerprint density at radius 1 is 1.17 bits per heavy atom. The maximum atomic E-state index is 13.7. The highest BCUT2D eigenvalue weighted by Gasteiger charge is 2.76. The van der Waals surface area contributed by atoms with Gasteiger partial charge in [0.1, 0.15) is 19.1 Å². The van der Waals surface area contributed by atoms with Crippen molar-refractivity contribution in [3.05, 3.63) is 76.3 Å². The van der Waals surface area contributed by atoms with E-state index in [-0.39, 0.29) is 29.3 Å². The monoisotopic (exact) mass is 487 g/mol. The molecule has 5 heterocycles. The average Bonchev–Trinajstić information content (AvgIpc) is 3.29. The Bertz CT molecular complexity index is 1320. The van der Waals surface area contributed by atoms with Crippen molar-refractivity contribution in [1.29, 1.82) is 0 Å². The molecule has 4 fully saturated rings. The van der Waals surface area contributed by atoms with Crippen LogP contribution in [0.4, 0.5) is 5.69 Å². The number of benzene rings is 2. The highest BCUT2D eigenvalue weighted by molar-refractivity contribution is 6.30.